The van der Waals surface area contributed by atoms with E-state index >= 15 is 0 Å². The number of methoxy groups -OCH3 is 2. The molecule has 2 aliphatic heterocycles. The number of hydrogen-bond acceptors (Lipinski definition) is 10. The van der Waals surface area contributed by atoms with Gasteiger partial charge in [-0.1, -0.05) is 30.3 Å². The van der Waals surface area contributed by atoms with Crippen LogP contribution in [0.2, 0.25) is 0 Å². The Labute approximate surface area is 413 Å². The number of aromatic nitrogens is 7. The third kappa shape index (κ3) is 8.08. The van der Waals surface area contributed by atoms with Gasteiger partial charge in [0.05, 0.1) is 37.5 Å². The van der Waals surface area contributed by atoms with Crippen molar-refractivity contribution in [1.82, 2.24) is 48.3 Å². The maximum absolute atomic E-state index is 14.4. The molecule has 7 aromatic rings. The van der Waals surface area contributed by atoms with Crippen LogP contribution in [-0.2, 0) is 33.2 Å². The number of ether oxygens (including phenoxy) is 2. The van der Waals surface area contributed by atoms with Gasteiger partial charge < -0.3 is 48.6 Å². The molecular weight excluding hydrogens is 893 g/mol. The van der Waals surface area contributed by atoms with E-state index in [2.05, 4.69) is 72.7 Å². The van der Waals surface area contributed by atoms with Gasteiger partial charge in [-0.05, 0) is 113 Å². The Hall–Kier alpha value is -6.78. The number of rotatable bonds is 16. The quantitative estimate of drug-likeness (QED) is 0.0938. The number of nitrogens with two attached hydrogens (primary N) is 1. The Morgan fingerprint density at radius 1 is 0.831 bits per heavy atom. The Morgan fingerprint density at radius 2 is 1.58 bits per heavy atom. The molecule has 16 nitrogen and oxygen atoms in total. The number of aryl methyl sites for hydroxylation is 2. The van der Waals surface area contributed by atoms with Gasteiger partial charge in [-0.2, -0.15) is 0 Å². The second-order valence-corrected chi connectivity index (χ2v) is 20.7. The van der Waals surface area contributed by atoms with Crippen LogP contribution in [0.1, 0.15) is 78.3 Å². The molecule has 12 rings (SSSR count). The molecule has 5 fully saturated rings. The summed E-state index contributed by atoms with van der Waals surface area (Å²) >= 11 is 0. The summed E-state index contributed by atoms with van der Waals surface area (Å²) in [6.45, 7) is 10.8. The summed E-state index contributed by atoms with van der Waals surface area (Å²) in [5, 5.41) is 3.96. The third-order valence-electron chi connectivity index (χ3n) is 16.2. The van der Waals surface area contributed by atoms with E-state index in [1.165, 1.54) is 12.8 Å². The molecule has 5 aliphatic rings. The van der Waals surface area contributed by atoms with Crippen molar-refractivity contribution in [3.63, 3.8) is 0 Å². The first-order chi connectivity index (χ1) is 34.6. The van der Waals surface area contributed by atoms with E-state index in [9.17, 15) is 9.59 Å². The first kappa shape index (κ1) is 45.4. The zero-order valence-corrected chi connectivity index (χ0v) is 41.3. The summed E-state index contributed by atoms with van der Waals surface area (Å²) in [6.07, 6.45) is 9.59. The summed E-state index contributed by atoms with van der Waals surface area (Å²) in [4.78, 5) is 52.1. The van der Waals surface area contributed by atoms with Crippen molar-refractivity contribution in [2.24, 2.45) is 35.5 Å². The number of aliphatic imine (C=N–C) groups is 1. The maximum atomic E-state index is 14.4. The second-order valence-electron chi connectivity index (χ2n) is 20.7. The topological polar surface area (TPSA) is 168 Å². The number of likely N-dealkylation sites (tertiary alicyclic amines) is 2. The summed E-state index contributed by atoms with van der Waals surface area (Å²) in [6, 6.07) is 22.8. The van der Waals surface area contributed by atoms with E-state index in [0.717, 1.165) is 102 Å². The molecule has 2 bridgehead atoms. The number of carbonyl (C=O) groups excluding carboxylic acids is 2. The predicted octanol–water partition coefficient (Wildman–Crippen LogP) is 7.41. The summed E-state index contributed by atoms with van der Waals surface area (Å²) in [5.74, 6) is 5.09. The molecule has 368 valence electrons. The molecule has 6 atom stereocenters. The number of nitrogens with one attached hydrogen (secondary N) is 1. The van der Waals surface area contributed by atoms with Crippen LogP contribution in [-0.4, -0.2) is 120 Å². The Morgan fingerprint density at radius 3 is 2.28 bits per heavy atom. The minimum Gasteiger partial charge on any atom is -0.494 e. The van der Waals surface area contributed by atoms with E-state index in [1.54, 1.807) is 14.2 Å². The molecule has 0 spiro atoms. The van der Waals surface area contributed by atoms with Crippen molar-refractivity contribution in [1.29, 1.82) is 0 Å². The molecule has 3 aliphatic carbocycles. The van der Waals surface area contributed by atoms with E-state index < -0.39 is 0 Å². The van der Waals surface area contributed by atoms with Gasteiger partial charge in [0.25, 0.3) is 11.8 Å². The predicted molar refractivity (Wildman–Crippen MR) is 275 cm³/mol. The van der Waals surface area contributed by atoms with Crippen molar-refractivity contribution in [2.75, 3.05) is 33.9 Å². The number of nitrogens with zero attached hydrogens (tertiary/aromatic N) is 10. The number of piperidine rings is 2. The normalized spacial score (nSPS) is 22.8. The number of amides is 2. The molecule has 2 unspecified atom stereocenters. The number of carbonyl (C=O) groups is 2. The highest BCUT2D eigenvalue weighted by Crippen LogP contribution is 2.41. The molecule has 16 heteroatoms. The SMILES string of the molecule is C=NCc1ccc(-c2nc3cc(C(=O)N4CCC[C@@H](NC5CC5Cn5cc(-c6nc7cc(C(=O)N8C[C@H]9CC[C@@H]8[C@@H]9N)cc(OC)c7n6CC)nc5-c5ccccc5)C4)cc(OC)c3n2C)n1CC1CC1. The lowest BCUT2D eigenvalue weighted by atomic mass is 10.0. The monoisotopic (exact) mass is 957 g/mol. The van der Waals surface area contributed by atoms with Gasteiger partial charge in [0.15, 0.2) is 11.6 Å². The summed E-state index contributed by atoms with van der Waals surface area (Å²) < 4.78 is 20.8. The molecule has 0 radical (unpaired) electrons. The fraction of sp³-hybridized carbons (Fsp3) is 0.455. The molecule has 3 aromatic carbocycles. The summed E-state index contributed by atoms with van der Waals surface area (Å²) in [5.41, 5.74) is 14.8. The fourth-order valence-electron chi connectivity index (χ4n) is 12.2. The van der Waals surface area contributed by atoms with Crippen molar-refractivity contribution < 1.29 is 19.1 Å². The molecule has 71 heavy (non-hydrogen) atoms. The lowest BCUT2D eigenvalue weighted by molar-refractivity contribution is 0.0689. The smallest absolute Gasteiger partial charge is 0.254 e. The van der Waals surface area contributed by atoms with Gasteiger partial charge in [-0.3, -0.25) is 14.6 Å². The van der Waals surface area contributed by atoms with Crippen molar-refractivity contribution >= 4 is 40.6 Å². The molecule has 3 N–H and O–H groups in total. The highest BCUT2D eigenvalue weighted by Gasteiger charge is 2.47. The van der Waals surface area contributed by atoms with Crippen LogP contribution in [0.3, 0.4) is 0 Å². The van der Waals surface area contributed by atoms with Crippen LogP contribution >= 0.6 is 0 Å². The van der Waals surface area contributed by atoms with Crippen LogP contribution in [0.25, 0.3) is 56.5 Å². The lowest BCUT2D eigenvalue weighted by Gasteiger charge is -2.33. The van der Waals surface area contributed by atoms with Crippen LogP contribution < -0.4 is 20.5 Å². The number of hydrogen-bond donors (Lipinski definition) is 2. The minimum absolute atomic E-state index is 0.00664. The Kier molecular flexibility index (Phi) is 11.6. The third-order valence-corrected chi connectivity index (χ3v) is 16.2. The number of benzene rings is 3. The maximum Gasteiger partial charge on any atom is 0.254 e. The minimum atomic E-state index is -0.0175. The average molecular weight is 957 g/mol. The first-order valence-electron chi connectivity index (χ1n) is 25.6. The van der Waals surface area contributed by atoms with E-state index in [4.69, 9.17) is 30.2 Å². The largest absolute Gasteiger partial charge is 0.494 e. The zero-order chi connectivity index (χ0) is 48.7. The lowest BCUT2D eigenvalue weighted by Crippen LogP contribution is -2.49. The van der Waals surface area contributed by atoms with Crippen molar-refractivity contribution in [3.05, 3.63) is 89.7 Å². The van der Waals surface area contributed by atoms with E-state index in [1.807, 2.05) is 59.3 Å². The van der Waals surface area contributed by atoms with Crippen LogP contribution in [0.4, 0.5) is 0 Å². The fourth-order valence-corrected chi connectivity index (χ4v) is 12.2. The van der Waals surface area contributed by atoms with Gasteiger partial charge in [0.2, 0.25) is 0 Å². The van der Waals surface area contributed by atoms with Gasteiger partial charge in [0, 0.05) is 99.1 Å². The van der Waals surface area contributed by atoms with Gasteiger partial charge in [0.1, 0.15) is 34.1 Å². The van der Waals surface area contributed by atoms with Crippen molar-refractivity contribution in [2.45, 2.75) is 102 Å². The molecular formula is C55H64N12O4. The van der Waals surface area contributed by atoms with Gasteiger partial charge in [-0.15, -0.1) is 0 Å². The Balaban J connectivity index is 0.762. The van der Waals surface area contributed by atoms with Crippen LogP contribution in [0.15, 0.2) is 77.9 Å². The molecule has 4 aromatic heterocycles. The second kappa shape index (κ2) is 18.1. The average Bonchev–Trinajstić information content (AvgIpc) is 3.96. The Bertz CT molecular complexity index is 3200. The number of imidazole rings is 3. The summed E-state index contributed by atoms with van der Waals surface area (Å²) in [7, 11) is 5.33. The highest BCUT2D eigenvalue weighted by molar-refractivity contribution is 6.01. The molecule has 3 saturated carbocycles. The standard InChI is InChI=1S/C55H64N12O4/c1-6-65-50-42(22-36(25-47(50)71-5)55(69)67-29-34-16-18-44(67)48(34)56)59-52(65)43-31-64(51(61-43)33-11-8-7-9-12-33)28-37-23-40(37)58-38-13-10-20-63(30-38)54(68)35-21-41-49(46(24-35)70-4)62(3)53(60-41)45-19-17-39(26-57-2)66(45)27-32-14-15-32/h7-9,11-12,17,19,21-22,24-25,31-32,34,37-38,40,44,48,58H,2,6,10,13-16,18,20,23,26-30,56H2,1,3-5H3/t34-,37?,38-,40?,44-,48-/m1/s1. The highest BCUT2D eigenvalue weighted by atomic mass is 16.5. The zero-order valence-electron chi connectivity index (χ0n) is 41.3. The number of fused-ring (bicyclic) bond motifs is 4. The molecule has 2 amide bonds. The van der Waals surface area contributed by atoms with Gasteiger partial charge >= 0.3 is 0 Å². The molecule has 6 heterocycles. The van der Waals surface area contributed by atoms with Gasteiger partial charge in [-0.25, -0.2) is 15.0 Å². The van der Waals surface area contributed by atoms with Crippen LogP contribution in [0, 0.1) is 17.8 Å². The van der Waals surface area contributed by atoms with E-state index in [0.29, 0.717) is 84.7 Å². The van der Waals surface area contributed by atoms with E-state index in [-0.39, 0.29) is 29.9 Å². The van der Waals surface area contributed by atoms with Crippen LogP contribution in [0.5, 0.6) is 11.5 Å². The molecule has 2 saturated heterocycles. The van der Waals surface area contributed by atoms with Crippen molar-refractivity contribution in [3.8, 4) is 45.9 Å². The first-order valence-corrected chi connectivity index (χ1v) is 25.6.